The molecule has 0 aliphatic heterocycles. The van der Waals surface area contributed by atoms with Crippen molar-refractivity contribution in [2.24, 2.45) is 5.73 Å². The summed E-state index contributed by atoms with van der Waals surface area (Å²) in [5.74, 6) is 0.921. The third-order valence-corrected chi connectivity index (χ3v) is 2.87. The molecule has 0 saturated heterocycles. The Balaban J connectivity index is 2.26. The molecule has 0 spiro atoms. The zero-order valence-corrected chi connectivity index (χ0v) is 10.7. The summed E-state index contributed by atoms with van der Waals surface area (Å²) in [5, 5.41) is 0. The Kier molecular flexibility index (Phi) is 4.37. The summed E-state index contributed by atoms with van der Waals surface area (Å²) in [5.41, 5.74) is 7.85. The molecule has 0 fully saturated rings. The monoisotopic (exact) mass is 241 g/mol. The number of para-hydroxylation sites is 1. The van der Waals surface area contributed by atoms with E-state index in [2.05, 4.69) is 25.1 Å². The lowest BCUT2D eigenvalue weighted by Gasteiger charge is -2.17. The molecule has 1 unspecified atom stereocenters. The summed E-state index contributed by atoms with van der Waals surface area (Å²) in [6.45, 7) is 2.70. The van der Waals surface area contributed by atoms with E-state index in [1.807, 2.05) is 36.4 Å². The second-order valence-electron chi connectivity index (χ2n) is 4.37. The van der Waals surface area contributed by atoms with Crippen LogP contribution in [0.3, 0.4) is 0 Å². The number of hydrogen-bond acceptors (Lipinski definition) is 2. The van der Waals surface area contributed by atoms with Crippen molar-refractivity contribution in [3.05, 3.63) is 54.6 Å². The van der Waals surface area contributed by atoms with Crippen LogP contribution in [0.2, 0.25) is 0 Å². The zero-order valence-electron chi connectivity index (χ0n) is 10.7. The van der Waals surface area contributed by atoms with Gasteiger partial charge in [0.05, 0.1) is 6.10 Å². The first-order valence-corrected chi connectivity index (χ1v) is 6.32. The predicted octanol–water partition coefficient (Wildman–Crippen LogP) is 3.47. The Morgan fingerprint density at radius 2 is 1.67 bits per heavy atom. The Morgan fingerprint density at radius 3 is 2.39 bits per heavy atom. The van der Waals surface area contributed by atoms with Crippen molar-refractivity contribution in [3.63, 3.8) is 0 Å². The van der Waals surface area contributed by atoms with Crippen LogP contribution >= 0.6 is 0 Å². The minimum atomic E-state index is 0.139. The van der Waals surface area contributed by atoms with E-state index in [1.54, 1.807) is 0 Å². The number of benzene rings is 2. The van der Waals surface area contributed by atoms with Crippen LogP contribution < -0.4 is 10.5 Å². The van der Waals surface area contributed by atoms with Crippen molar-refractivity contribution < 1.29 is 4.74 Å². The largest absolute Gasteiger partial charge is 0.490 e. The van der Waals surface area contributed by atoms with Gasteiger partial charge in [0, 0.05) is 5.56 Å². The van der Waals surface area contributed by atoms with E-state index in [0.29, 0.717) is 6.54 Å². The maximum absolute atomic E-state index is 5.96. The highest BCUT2D eigenvalue weighted by atomic mass is 16.5. The zero-order chi connectivity index (χ0) is 12.8. The Bertz CT molecular complexity index is 481. The van der Waals surface area contributed by atoms with Crippen molar-refractivity contribution in [2.75, 3.05) is 6.54 Å². The third-order valence-electron chi connectivity index (χ3n) is 2.87. The van der Waals surface area contributed by atoms with Crippen LogP contribution in [0.15, 0.2) is 54.6 Å². The van der Waals surface area contributed by atoms with Crippen LogP contribution in [0.4, 0.5) is 0 Å². The van der Waals surface area contributed by atoms with E-state index in [0.717, 1.165) is 17.7 Å². The van der Waals surface area contributed by atoms with Gasteiger partial charge >= 0.3 is 0 Å². The van der Waals surface area contributed by atoms with E-state index in [9.17, 15) is 0 Å². The summed E-state index contributed by atoms with van der Waals surface area (Å²) >= 11 is 0. The first-order chi connectivity index (χ1) is 8.81. The van der Waals surface area contributed by atoms with Gasteiger partial charge in [-0.05, 0) is 31.5 Å². The van der Waals surface area contributed by atoms with Crippen molar-refractivity contribution >= 4 is 0 Å². The first kappa shape index (κ1) is 12.7. The van der Waals surface area contributed by atoms with E-state index in [4.69, 9.17) is 10.5 Å². The molecule has 0 aliphatic rings. The fraction of sp³-hybridized carbons (Fsp3) is 0.250. The van der Waals surface area contributed by atoms with Gasteiger partial charge in [0.25, 0.3) is 0 Å². The third kappa shape index (κ3) is 3.11. The summed E-state index contributed by atoms with van der Waals surface area (Å²) in [6, 6.07) is 18.4. The van der Waals surface area contributed by atoms with Crippen LogP contribution in [0.25, 0.3) is 11.1 Å². The molecule has 2 aromatic carbocycles. The average Bonchev–Trinajstić information content (AvgIpc) is 2.40. The van der Waals surface area contributed by atoms with Gasteiger partial charge in [-0.15, -0.1) is 0 Å². The average molecular weight is 241 g/mol. The summed E-state index contributed by atoms with van der Waals surface area (Å²) in [6.07, 6.45) is 1.00. The van der Waals surface area contributed by atoms with Gasteiger partial charge in [0.1, 0.15) is 5.75 Å². The van der Waals surface area contributed by atoms with Gasteiger partial charge in [0.2, 0.25) is 0 Å². The van der Waals surface area contributed by atoms with Crippen LogP contribution in [-0.2, 0) is 0 Å². The minimum absolute atomic E-state index is 0.139. The summed E-state index contributed by atoms with van der Waals surface area (Å²) < 4.78 is 5.96. The molecule has 0 heterocycles. The second-order valence-corrected chi connectivity index (χ2v) is 4.37. The second kappa shape index (κ2) is 6.22. The lowest BCUT2D eigenvalue weighted by molar-refractivity contribution is 0.215. The molecule has 2 aromatic rings. The predicted molar refractivity (Wildman–Crippen MR) is 75.6 cm³/mol. The van der Waals surface area contributed by atoms with Crippen molar-refractivity contribution in [2.45, 2.75) is 19.4 Å². The Labute approximate surface area is 108 Å². The number of rotatable bonds is 5. The molecule has 0 aliphatic carbocycles. The van der Waals surface area contributed by atoms with Crippen LogP contribution in [0.5, 0.6) is 5.75 Å². The highest BCUT2D eigenvalue weighted by Crippen LogP contribution is 2.30. The van der Waals surface area contributed by atoms with E-state index >= 15 is 0 Å². The SMILES string of the molecule is CC(CCN)Oc1ccccc1-c1ccccc1. The number of hydrogen-bond donors (Lipinski definition) is 1. The van der Waals surface area contributed by atoms with Crippen molar-refractivity contribution in [1.82, 2.24) is 0 Å². The molecule has 0 amide bonds. The minimum Gasteiger partial charge on any atom is -0.490 e. The highest BCUT2D eigenvalue weighted by molar-refractivity contribution is 5.70. The smallest absolute Gasteiger partial charge is 0.127 e. The molecule has 0 aromatic heterocycles. The molecule has 0 saturated carbocycles. The molecule has 2 nitrogen and oxygen atoms in total. The maximum Gasteiger partial charge on any atom is 0.127 e. The molecule has 1 atom stereocenters. The van der Waals surface area contributed by atoms with Gasteiger partial charge in [-0.3, -0.25) is 0 Å². The van der Waals surface area contributed by atoms with Crippen molar-refractivity contribution in [3.8, 4) is 16.9 Å². The number of nitrogens with two attached hydrogens (primary N) is 1. The van der Waals surface area contributed by atoms with Crippen LogP contribution in [0.1, 0.15) is 13.3 Å². The fourth-order valence-corrected chi connectivity index (χ4v) is 1.94. The summed E-state index contributed by atoms with van der Waals surface area (Å²) in [7, 11) is 0. The number of ether oxygens (including phenoxy) is 1. The van der Waals surface area contributed by atoms with Gasteiger partial charge in [-0.1, -0.05) is 48.5 Å². The van der Waals surface area contributed by atoms with Gasteiger partial charge < -0.3 is 10.5 Å². The Hall–Kier alpha value is -1.80. The standard InChI is InChI=1S/C16H19NO/c1-13(11-12-17)18-16-10-6-5-9-15(16)14-7-3-2-4-8-14/h2-10,13H,11-12,17H2,1H3. The highest BCUT2D eigenvalue weighted by Gasteiger charge is 2.08. The quantitative estimate of drug-likeness (QED) is 0.870. The molecule has 18 heavy (non-hydrogen) atoms. The lowest BCUT2D eigenvalue weighted by atomic mass is 10.0. The molecule has 2 heteroatoms. The molecule has 2 N–H and O–H groups in total. The van der Waals surface area contributed by atoms with Crippen LogP contribution in [-0.4, -0.2) is 12.6 Å². The van der Waals surface area contributed by atoms with E-state index < -0.39 is 0 Å². The molecule has 0 bridgehead atoms. The fourth-order valence-electron chi connectivity index (χ4n) is 1.94. The van der Waals surface area contributed by atoms with E-state index in [1.165, 1.54) is 5.56 Å². The topological polar surface area (TPSA) is 35.2 Å². The molecule has 0 radical (unpaired) electrons. The maximum atomic E-state index is 5.96. The molecule has 2 rings (SSSR count). The summed E-state index contributed by atoms with van der Waals surface area (Å²) in [4.78, 5) is 0. The van der Waals surface area contributed by atoms with Gasteiger partial charge in [0.15, 0.2) is 0 Å². The molecular weight excluding hydrogens is 222 g/mol. The Morgan fingerprint density at radius 1 is 1.00 bits per heavy atom. The molecular formula is C16H19NO. The van der Waals surface area contributed by atoms with Gasteiger partial charge in [-0.2, -0.15) is 0 Å². The molecule has 94 valence electrons. The van der Waals surface area contributed by atoms with Crippen molar-refractivity contribution in [1.29, 1.82) is 0 Å². The first-order valence-electron chi connectivity index (χ1n) is 6.32. The van der Waals surface area contributed by atoms with E-state index in [-0.39, 0.29) is 6.10 Å². The van der Waals surface area contributed by atoms with Gasteiger partial charge in [-0.25, -0.2) is 0 Å². The normalized spacial score (nSPS) is 12.1. The van der Waals surface area contributed by atoms with Crippen LogP contribution in [0, 0.1) is 0 Å². The lowest BCUT2D eigenvalue weighted by Crippen LogP contribution is -2.17.